The van der Waals surface area contributed by atoms with Gasteiger partial charge in [0.05, 0.1) is 5.75 Å². The second kappa shape index (κ2) is 13.6. The van der Waals surface area contributed by atoms with Crippen LogP contribution in [0.3, 0.4) is 0 Å². The van der Waals surface area contributed by atoms with Crippen LogP contribution in [0.4, 0.5) is 5.69 Å². The number of halogens is 1. The van der Waals surface area contributed by atoms with Gasteiger partial charge in [0, 0.05) is 63.5 Å². The lowest BCUT2D eigenvalue weighted by Crippen LogP contribution is -2.45. The number of aliphatic imine (C=N–C) groups is 1. The Bertz CT molecular complexity index is 740. The first-order valence-electron chi connectivity index (χ1n) is 9.78. The van der Waals surface area contributed by atoms with Crippen molar-refractivity contribution in [3.05, 3.63) is 29.8 Å². The number of sulfonamides is 1. The molecule has 1 fully saturated rings. The van der Waals surface area contributed by atoms with Crippen molar-refractivity contribution in [1.82, 2.24) is 14.9 Å². The Labute approximate surface area is 197 Å². The van der Waals surface area contributed by atoms with E-state index in [0.717, 1.165) is 31.1 Å². The molecular formula is C19H34IN5O2S2. The highest BCUT2D eigenvalue weighted by Gasteiger charge is 2.23. The molecule has 1 aromatic rings. The molecule has 1 aliphatic heterocycles. The summed E-state index contributed by atoms with van der Waals surface area (Å²) in [6.45, 7) is 8.29. The normalized spacial score (nSPS) is 15.5. The summed E-state index contributed by atoms with van der Waals surface area (Å²) in [5, 5.41) is 6.38. The number of guanidine groups is 1. The van der Waals surface area contributed by atoms with Crippen molar-refractivity contribution in [3.8, 4) is 0 Å². The number of hydrogen-bond donors (Lipinski definition) is 2. The van der Waals surface area contributed by atoms with Gasteiger partial charge in [0.25, 0.3) is 0 Å². The average Bonchev–Trinajstić information content (AvgIpc) is 2.70. The minimum Gasteiger partial charge on any atom is -0.370 e. The van der Waals surface area contributed by atoms with Gasteiger partial charge in [0.15, 0.2) is 5.96 Å². The monoisotopic (exact) mass is 555 g/mol. The Kier molecular flexibility index (Phi) is 12.3. The fourth-order valence-electron chi connectivity index (χ4n) is 3.08. The predicted octanol–water partition coefficient (Wildman–Crippen LogP) is 1.98. The molecule has 2 rings (SSSR count). The van der Waals surface area contributed by atoms with Crippen molar-refractivity contribution in [1.29, 1.82) is 0 Å². The molecule has 0 unspecified atom stereocenters. The molecule has 166 valence electrons. The first-order chi connectivity index (χ1) is 13.5. The van der Waals surface area contributed by atoms with E-state index in [9.17, 15) is 8.42 Å². The van der Waals surface area contributed by atoms with Gasteiger partial charge in [-0.05, 0) is 31.5 Å². The van der Waals surface area contributed by atoms with Crippen LogP contribution in [0.15, 0.2) is 29.3 Å². The van der Waals surface area contributed by atoms with Crippen LogP contribution < -0.4 is 15.5 Å². The van der Waals surface area contributed by atoms with Gasteiger partial charge in [0.2, 0.25) is 10.0 Å². The lowest BCUT2D eigenvalue weighted by Gasteiger charge is -2.26. The number of anilines is 1. The zero-order chi connectivity index (χ0) is 20.4. The van der Waals surface area contributed by atoms with Gasteiger partial charge >= 0.3 is 0 Å². The van der Waals surface area contributed by atoms with Gasteiger partial charge in [0.1, 0.15) is 0 Å². The molecule has 0 bridgehead atoms. The highest BCUT2D eigenvalue weighted by Crippen LogP contribution is 2.15. The van der Waals surface area contributed by atoms with E-state index in [4.69, 9.17) is 0 Å². The van der Waals surface area contributed by atoms with Crippen LogP contribution in [-0.4, -0.2) is 82.3 Å². The standard InChI is InChI=1S/C19H33N5O2S2.HI/c1-4-23(18-7-5-6-17(2)16-18)10-8-21-19(20-3)22-9-15-28(25,26)24-11-13-27-14-12-24;/h5-7,16H,4,8-15H2,1-3H3,(H2,20,21,22);1H. The summed E-state index contributed by atoms with van der Waals surface area (Å²) < 4.78 is 26.4. The van der Waals surface area contributed by atoms with Crippen LogP contribution in [0.25, 0.3) is 0 Å². The summed E-state index contributed by atoms with van der Waals surface area (Å²) in [5.74, 6) is 2.47. The van der Waals surface area contributed by atoms with E-state index >= 15 is 0 Å². The Morgan fingerprint density at radius 3 is 2.55 bits per heavy atom. The quantitative estimate of drug-likeness (QED) is 0.276. The molecule has 1 heterocycles. The van der Waals surface area contributed by atoms with Crippen LogP contribution in [0.5, 0.6) is 0 Å². The van der Waals surface area contributed by atoms with Crippen molar-refractivity contribution in [2.45, 2.75) is 13.8 Å². The van der Waals surface area contributed by atoms with E-state index in [2.05, 4.69) is 58.6 Å². The first kappa shape index (κ1) is 26.3. The third-order valence-corrected chi connectivity index (χ3v) is 7.48. The second-order valence-electron chi connectivity index (χ2n) is 6.67. The molecule has 0 aliphatic carbocycles. The van der Waals surface area contributed by atoms with E-state index in [1.807, 2.05) is 0 Å². The molecule has 2 N–H and O–H groups in total. The largest absolute Gasteiger partial charge is 0.370 e. The maximum absolute atomic E-state index is 12.4. The summed E-state index contributed by atoms with van der Waals surface area (Å²) in [4.78, 5) is 6.49. The third-order valence-electron chi connectivity index (χ3n) is 4.66. The first-order valence-corrected chi connectivity index (χ1v) is 12.5. The highest BCUT2D eigenvalue weighted by molar-refractivity contribution is 14.0. The van der Waals surface area contributed by atoms with Crippen LogP contribution >= 0.6 is 35.7 Å². The summed E-state index contributed by atoms with van der Waals surface area (Å²) in [6.07, 6.45) is 0. The smallest absolute Gasteiger partial charge is 0.215 e. The lowest BCUT2D eigenvalue weighted by molar-refractivity contribution is 0.443. The number of likely N-dealkylation sites (N-methyl/N-ethyl adjacent to an activating group) is 1. The minimum atomic E-state index is -3.20. The van der Waals surface area contributed by atoms with E-state index in [1.165, 1.54) is 11.3 Å². The van der Waals surface area contributed by atoms with E-state index in [-0.39, 0.29) is 29.7 Å². The lowest BCUT2D eigenvalue weighted by atomic mass is 10.2. The topological polar surface area (TPSA) is 77.0 Å². The van der Waals surface area contributed by atoms with Crippen LogP contribution in [0.1, 0.15) is 12.5 Å². The van der Waals surface area contributed by atoms with Crippen molar-refractivity contribution in [3.63, 3.8) is 0 Å². The van der Waals surface area contributed by atoms with E-state index < -0.39 is 10.0 Å². The molecule has 10 heteroatoms. The number of rotatable bonds is 9. The summed E-state index contributed by atoms with van der Waals surface area (Å²) in [7, 11) is -1.50. The second-order valence-corrected chi connectivity index (χ2v) is 9.99. The molecule has 0 atom stereocenters. The van der Waals surface area contributed by atoms with Crippen molar-refractivity contribution in [2.24, 2.45) is 4.99 Å². The van der Waals surface area contributed by atoms with Gasteiger partial charge in [-0.1, -0.05) is 12.1 Å². The predicted molar refractivity (Wildman–Crippen MR) is 137 cm³/mol. The highest BCUT2D eigenvalue weighted by atomic mass is 127. The Balaban J connectivity index is 0.00000420. The van der Waals surface area contributed by atoms with Gasteiger partial charge in [-0.3, -0.25) is 4.99 Å². The fourth-order valence-corrected chi connectivity index (χ4v) is 5.57. The molecule has 1 saturated heterocycles. The van der Waals surface area contributed by atoms with Gasteiger partial charge < -0.3 is 15.5 Å². The maximum atomic E-state index is 12.4. The number of benzene rings is 1. The van der Waals surface area contributed by atoms with Gasteiger partial charge in [-0.25, -0.2) is 12.7 Å². The molecule has 29 heavy (non-hydrogen) atoms. The number of aryl methyl sites for hydroxylation is 1. The zero-order valence-corrected chi connectivity index (χ0v) is 21.5. The molecule has 0 radical (unpaired) electrons. The Morgan fingerprint density at radius 2 is 1.93 bits per heavy atom. The van der Waals surface area contributed by atoms with E-state index in [0.29, 0.717) is 25.6 Å². The average molecular weight is 556 g/mol. The number of hydrogen-bond acceptors (Lipinski definition) is 5. The van der Waals surface area contributed by atoms with Crippen molar-refractivity contribution >= 4 is 57.4 Å². The van der Waals surface area contributed by atoms with Crippen molar-refractivity contribution in [2.75, 3.05) is 68.5 Å². The summed E-state index contributed by atoms with van der Waals surface area (Å²) in [5.41, 5.74) is 2.45. The molecule has 0 saturated carbocycles. The molecule has 7 nitrogen and oxygen atoms in total. The molecule has 0 aromatic heterocycles. The molecule has 0 spiro atoms. The number of thioether (sulfide) groups is 1. The Hall–Kier alpha value is -0.720. The summed E-state index contributed by atoms with van der Waals surface area (Å²) in [6, 6.07) is 8.47. The van der Waals surface area contributed by atoms with Crippen LogP contribution in [0.2, 0.25) is 0 Å². The SMILES string of the molecule is CCN(CCNC(=NC)NCCS(=O)(=O)N1CCSCC1)c1cccc(C)c1.I. The number of nitrogens with zero attached hydrogens (tertiary/aromatic N) is 3. The van der Waals surface area contributed by atoms with Crippen molar-refractivity contribution < 1.29 is 8.42 Å². The van der Waals surface area contributed by atoms with Gasteiger partial charge in [-0.15, -0.1) is 24.0 Å². The Morgan fingerprint density at radius 1 is 1.24 bits per heavy atom. The molecular weight excluding hydrogens is 521 g/mol. The van der Waals surface area contributed by atoms with Crippen LogP contribution in [-0.2, 0) is 10.0 Å². The fraction of sp³-hybridized carbons (Fsp3) is 0.632. The van der Waals surface area contributed by atoms with E-state index in [1.54, 1.807) is 23.1 Å². The third kappa shape index (κ3) is 8.89. The molecule has 1 aliphatic rings. The van der Waals surface area contributed by atoms with Gasteiger partial charge in [-0.2, -0.15) is 11.8 Å². The number of nitrogens with one attached hydrogen (secondary N) is 2. The molecule has 1 aromatic carbocycles. The van der Waals surface area contributed by atoms with Crippen LogP contribution in [0, 0.1) is 6.92 Å². The zero-order valence-electron chi connectivity index (χ0n) is 17.6. The summed E-state index contributed by atoms with van der Waals surface area (Å²) >= 11 is 1.80. The molecule has 0 amide bonds. The minimum absolute atomic E-state index is 0. The maximum Gasteiger partial charge on any atom is 0.215 e.